The first-order valence-corrected chi connectivity index (χ1v) is 14.5. The average Bonchev–Trinajstić information content (AvgIpc) is 2.96. The van der Waals surface area contributed by atoms with E-state index in [0.717, 1.165) is 50.9 Å². The fraction of sp³-hybridized carbons (Fsp3) is 0.548. The van der Waals surface area contributed by atoms with Crippen LogP contribution in [0.4, 0.5) is 14.5 Å². The molecule has 0 N–H and O–H groups in total. The molecule has 2 aliphatic rings. The van der Waals surface area contributed by atoms with Crippen LogP contribution in [0.3, 0.4) is 0 Å². The second kappa shape index (κ2) is 12.7. The van der Waals surface area contributed by atoms with Crippen molar-refractivity contribution in [2.45, 2.75) is 57.8 Å². The molecule has 2 amide bonds. The van der Waals surface area contributed by atoms with E-state index < -0.39 is 17.7 Å². The number of likely N-dealkylation sites (tertiary alicyclic amines) is 1. The molecule has 0 spiro atoms. The second-order valence-corrected chi connectivity index (χ2v) is 11.7. The first kappa shape index (κ1) is 29.3. The van der Waals surface area contributed by atoms with Crippen LogP contribution in [0.2, 0.25) is 5.02 Å². The van der Waals surface area contributed by atoms with Gasteiger partial charge in [-0.2, -0.15) is 0 Å². The number of nitrogens with zero attached hydrogens (tertiary/aromatic N) is 3. The van der Waals surface area contributed by atoms with Crippen LogP contribution in [0, 0.1) is 11.8 Å². The highest BCUT2D eigenvalue weighted by atomic mass is 35.5. The SMILES string of the molecule is CCN(C)C(=O)c1ccc(N2CCC(CC3CCN(C(=O)[C@](C)(c4ccccc4)C(F)F)CC3)CC2)cc1Cl. The average molecular weight is 560 g/mol. The first-order valence-electron chi connectivity index (χ1n) is 14.1. The monoisotopic (exact) mass is 559 g/mol. The Morgan fingerprint density at radius 3 is 2.13 bits per heavy atom. The summed E-state index contributed by atoms with van der Waals surface area (Å²) in [4.78, 5) is 31.4. The highest BCUT2D eigenvalue weighted by Gasteiger charge is 2.47. The molecular formula is C31H40ClF2N3O2. The number of hydrogen-bond donors (Lipinski definition) is 0. The highest BCUT2D eigenvalue weighted by molar-refractivity contribution is 6.34. The van der Waals surface area contributed by atoms with Crippen LogP contribution < -0.4 is 4.90 Å². The van der Waals surface area contributed by atoms with Gasteiger partial charge in [-0.3, -0.25) is 9.59 Å². The van der Waals surface area contributed by atoms with Crippen LogP contribution in [-0.2, 0) is 10.2 Å². The van der Waals surface area contributed by atoms with Crippen molar-refractivity contribution in [3.8, 4) is 0 Å². The third kappa shape index (κ3) is 6.40. The van der Waals surface area contributed by atoms with E-state index in [1.54, 1.807) is 47.2 Å². The van der Waals surface area contributed by atoms with Crippen molar-refractivity contribution >= 4 is 29.1 Å². The summed E-state index contributed by atoms with van der Waals surface area (Å²) in [6, 6.07) is 14.1. The third-order valence-corrected chi connectivity index (χ3v) is 9.12. The Kier molecular flexibility index (Phi) is 9.52. The van der Waals surface area contributed by atoms with Gasteiger partial charge < -0.3 is 14.7 Å². The van der Waals surface area contributed by atoms with Crippen molar-refractivity contribution in [2.24, 2.45) is 11.8 Å². The summed E-state index contributed by atoms with van der Waals surface area (Å²) in [5.74, 6) is 0.580. The molecule has 212 valence electrons. The summed E-state index contributed by atoms with van der Waals surface area (Å²) < 4.78 is 28.3. The zero-order valence-corrected chi connectivity index (χ0v) is 24.0. The predicted molar refractivity (Wildman–Crippen MR) is 153 cm³/mol. The van der Waals surface area contributed by atoms with Gasteiger partial charge in [-0.15, -0.1) is 0 Å². The standard InChI is InChI=1S/C31H40ClF2N3O2/c1-4-35(3)28(38)26-11-10-25(21-27(26)32)36-16-12-22(13-17-36)20-23-14-18-37(19-15-23)30(39)31(2,29(33)34)24-8-6-5-7-9-24/h5-11,21-23,29H,4,12-20H2,1-3H3/t31-/m1/s1. The van der Waals surface area contributed by atoms with Crippen molar-refractivity contribution in [1.82, 2.24) is 9.80 Å². The lowest BCUT2D eigenvalue weighted by molar-refractivity contribution is -0.144. The molecule has 1 atom stereocenters. The minimum absolute atomic E-state index is 0.0700. The summed E-state index contributed by atoms with van der Waals surface area (Å²) in [6.45, 7) is 6.87. The number of rotatable bonds is 8. The minimum atomic E-state index is -2.76. The number of piperidine rings is 2. The van der Waals surface area contributed by atoms with E-state index in [4.69, 9.17) is 11.6 Å². The van der Waals surface area contributed by atoms with Crippen molar-refractivity contribution in [1.29, 1.82) is 0 Å². The Morgan fingerprint density at radius 1 is 1.00 bits per heavy atom. The van der Waals surface area contributed by atoms with Crippen molar-refractivity contribution < 1.29 is 18.4 Å². The minimum Gasteiger partial charge on any atom is -0.371 e. The zero-order chi connectivity index (χ0) is 28.2. The molecule has 0 bridgehead atoms. The van der Waals surface area contributed by atoms with Gasteiger partial charge in [0.15, 0.2) is 0 Å². The molecule has 2 aromatic rings. The lowest BCUT2D eigenvalue weighted by Crippen LogP contribution is -2.51. The van der Waals surface area contributed by atoms with E-state index in [-0.39, 0.29) is 5.91 Å². The molecule has 0 aromatic heterocycles. The Bertz CT molecular complexity index is 1130. The third-order valence-electron chi connectivity index (χ3n) is 8.81. The fourth-order valence-corrected chi connectivity index (χ4v) is 6.20. The van der Waals surface area contributed by atoms with Crippen molar-refractivity contribution in [3.63, 3.8) is 0 Å². The van der Waals surface area contributed by atoms with Crippen LogP contribution in [0.15, 0.2) is 48.5 Å². The Labute approximate surface area is 236 Å². The van der Waals surface area contributed by atoms with Gasteiger partial charge in [-0.25, -0.2) is 8.78 Å². The number of carbonyl (C=O) groups excluding carboxylic acids is 2. The summed E-state index contributed by atoms with van der Waals surface area (Å²) in [5.41, 5.74) is 0.125. The summed E-state index contributed by atoms with van der Waals surface area (Å²) in [7, 11) is 1.77. The molecule has 8 heteroatoms. The van der Waals surface area contributed by atoms with Gasteiger partial charge in [0.1, 0.15) is 5.41 Å². The zero-order valence-electron chi connectivity index (χ0n) is 23.2. The van der Waals surface area contributed by atoms with Crippen LogP contribution in [0.5, 0.6) is 0 Å². The first-order chi connectivity index (χ1) is 18.6. The molecule has 5 nitrogen and oxygen atoms in total. The Hall–Kier alpha value is -2.67. The van der Waals surface area contributed by atoms with Crippen molar-refractivity contribution in [2.75, 3.05) is 44.7 Å². The number of amides is 2. The molecule has 0 aliphatic carbocycles. The van der Waals surface area contributed by atoms with E-state index in [1.165, 1.54) is 6.92 Å². The molecule has 0 radical (unpaired) electrons. The number of halogens is 3. The van der Waals surface area contributed by atoms with E-state index in [0.29, 0.717) is 47.6 Å². The molecule has 0 unspecified atom stereocenters. The van der Waals surface area contributed by atoms with Crippen molar-refractivity contribution in [3.05, 3.63) is 64.7 Å². The summed E-state index contributed by atoms with van der Waals surface area (Å²) in [5, 5.41) is 0.483. The maximum atomic E-state index is 14.2. The van der Waals surface area contributed by atoms with Crippen LogP contribution in [0.1, 0.15) is 61.9 Å². The topological polar surface area (TPSA) is 43.9 Å². The Balaban J connectivity index is 1.27. The number of anilines is 1. The summed E-state index contributed by atoms with van der Waals surface area (Å²) in [6.07, 6.45) is 2.22. The molecule has 2 heterocycles. The molecule has 2 aliphatic heterocycles. The number of hydrogen-bond acceptors (Lipinski definition) is 3. The molecule has 2 aromatic carbocycles. The highest BCUT2D eigenvalue weighted by Crippen LogP contribution is 2.36. The molecule has 2 saturated heterocycles. The smallest absolute Gasteiger partial charge is 0.256 e. The predicted octanol–water partition coefficient (Wildman–Crippen LogP) is 6.50. The lowest BCUT2D eigenvalue weighted by Gasteiger charge is -2.40. The van der Waals surface area contributed by atoms with E-state index >= 15 is 0 Å². The Morgan fingerprint density at radius 2 is 1.59 bits per heavy atom. The maximum absolute atomic E-state index is 14.2. The maximum Gasteiger partial charge on any atom is 0.256 e. The van der Waals surface area contributed by atoms with E-state index in [2.05, 4.69) is 4.90 Å². The van der Waals surface area contributed by atoms with Gasteiger partial charge in [0.25, 0.3) is 12.3 Å². The number of carbonyl (C=O) groups is 2. The van der Waals surface area contributed by atoms with Crippen LogP contribution in [0.25, 0.3) is 0 Å². The molecule has 2 fully saturated rings. The number of benzene rings is 2. The second-order valence-electron chi connectivity index (χ2n) is 11.3. The van der Waals surface area contributed by atoms with Gasteiger partial charge in [0.2, 0.25) is 5.91 Å². The fourth-order valence-electron chi connectivity index (χ4n) is 5.95. The normalized spacial score (nSPS) is 18.7. The lowest BCUT2D eigenvalue weighted by atomic mass is 9.79. The summed E-state index contributed by atoms with van der Waals surface area (Å²) >= 11 is 6.47. The number of alkyl halides is 2. The van der Waals surface area contributed by atoms with Gasteiger partial charge in [-0.05, 0) is 81.5 Å². The van der Waals surface area contributed by atoms with Crippen LogP contribution in [-0.4, -0.2) is 67.8 Å². The van der Waals surface area contributed by atoms with E-state index in [1.807, 2.05) is 25.1 Å². The molecule has 0 saturated carbocycles. The molecular weight excluding hydrogens is 520 g/mol. The van der Waals surface area contributed by atoms with Gasteiger partial charge in [0, 0.05) is 45.5 Å². The van der Waals surface area contributed by atoms with Gasteiger partial charge in [0.05, 0.1) is 10.6 Å². The molecule has 39 heavy (non-hydrogen) atoms. The molecule has 4 rings (SSSR count). The van der Waals surface area contributed by atoms with Crippen LogP contribution >= 0.6 is 11.6 Å². The largest absolute Gasteiger partial charge is 0.371 e. The van der Waals surface area contributed by atoms with E-state index in [9.17, 15) is 18.4 Å². The van der Waals surface area contributed by atoms with Gasteiger partial charge >= 0.3 is 0 Å². The van der Waals surface area contributed by atoms with Gasteiger partial charge in [-0.1, -0.05) is 41.9 Å². The quantitative estimate of drug-likeness (QED) is 0.371.